The molecule has 2 heterocycles. The van der Waals surface area contributed by atoms with Crippen molar-refractivity contribution < 1.29 is 4.74 Å². The number of alkyl halides is 1. The van der Waals surface area contributed by atoms with Crippen molar-refractivity contribution >= 4 is 15.9 Å². The average Bonchev–Trinajstić information content (AvgIpc) is 2.80. The molecule has 1 fully saturated rings. The molecule has 0 aromatic heterocycles. The number of ether oxygens (including phenoxy) is 1. The van der Waals surface area contributed by atoms with Crippen LogP contribution in [-0.4, -0.2) is 35.5 Å². The monoisotopic (exact) mass is 323 g/mol. The van der Waals surface area contributed by atoms with Crippen LogP contribution in [0, 0.1) is 6.92 Å². The Bertz CT molecular complexity index is 448. The van der Waals surface area contributed by atoms with Gasteiger partial charge in [0.2, 0.25) is 0 Å². The number of hydrogen-bond donors (Lipinski definition) is 0. The first-order chi connectivity index (χ1) is 9.26. The molecular formula is C16H22BrNO. The van der Waals surface area contributed by atoms with Crippen molar-refractivity contribution in [2.75, 3.05) is 18.4 Å². The highest BCUT2D eigenvalue weighted by Gasteiger charge is 2.28. The summed E-state index contributed by atoms with van der Waals surface area (Å²) in [6.45, 7) is 4.45. The van der Waals surface area contributed by atoms with Gasteiger partial charge < -0.3 is 4.74 Å². The van der Waals surface area contributed by atoms with E-state index in [-0.39, 0.29) is 0 Å². The number of fused-ring (bicyclic) bond motifs is 1. The number of piperidine rings is 1. The molecule has 0 aliphatic carbocycles. The Morgan fingerprint density at radius 1 is 1.37 bits per heavy atom. The average molecular weight is 324 g/mol. The minimum absolute atomic E-state index is 0.344. The minimum atomic E-state index is 0.344. The van der Waals surface area contributed by atoms with E-state index in [0.29, 0.717) is 12.1 Å². The van der Waals surface area contributed by atoms with Gasteiger partial charge in [-0.05, 0) is 37.9 Å². The maximum atomic E-state index is 6.10. The van der Waals surface area contributed by atoms with Crippen molar-refractivity contribution in [3.05, 3.63) is 29.3 Å². The molecule has 1 aromatic rings. The summed E-state index contributed by atoms with van der Waals surface area (Å²) >= 11 is 3.66. The maximum Gasteiger partial charge on any atom is 0.123 e. The van der Waals surface area contributed by atoms with E-state index in [1.807, 2.05) is 0 Å². The van der Waals surface area contributed by atoms with E-state index in [2.05, 4.69) is 46.0 Å². The van der Waals surface area contributed by atoms with Crippen LogP contribution in [0.2, 0.25) is 0 Å². The summed E-state index contributed by atoms with van der Waals surface area (Å²) in [5, 5.41) is 1.09. The van der Waals surface area contributed by atoms with Crippen LogP contribution in [0.15, 0.2) is 18.2 Å². The fourth-order valence-electron chi connectivity index (χ4n) is 3.29. The molecule has 2 unspecified atom stereocenters. The smallest absolute Gasteiger partial charge is 0.123 e. The molecule has 0 saturated carbocycles. The van der Waals surface area contributed by atoms with Gasteiger partial charge in [-0.2, -0.15) is 0 Å². The van der Waals surface area contributed by atoms with E-state index < -0.39 is 0 Å². The first-order valence-corrected chi connectivity index (χ1v) is 8.44. The van der Waals surface area contributed by atoms with Crippen molar-refractivity contribution in [3.63, 3.8) is 0 Å². The largest absolute Gasteiger partial charge is 0.488 e. The molecule has 3 heteroatoms. The van der Waals surface area contributed by atoms with Gasteiger partial charge in [0, 0.05) is 24.3 Å². The second-order valence-corrected chi connectivity index (χ2v) is 6.50. The van der Waals surface area contributed by atoms with Crippen LogP contribution in [0.3, 0.4) is 0 Å². The van der Waals surface area contributed by atoms with E-state index in [0.717, 1.165) is 24.0 Å². The molecule has 2 aliphatic heterocycles. The number of benzene rings is 1. The Kier molecular flexibility index (Phi) is 4.13. The van der Waals surface area contributed by atoms with Crippen LogP contribution < -0.4 is 4.74 Å². The van der Waals surface area contributed by atoms with Crippen molar-refractivity contribution in [1.82, 2.24) is 4.90 Å². The highest BCUT2D eigenvalue weighted by Crippen LogP contribution is 2.30. The number of nitrogens with zero attached hydrogens (tertiary/aromatic N) is 1. The second-order valence-electron chi connectivity index (χ2n) is 5.85. The summed E-state index contributed by atoms with van der Waals surface area (Å²) in [5.74, 6) is 1.10. The van der Waals surface area contributed by atoms with Gasteiger partial charge in [-0.3, -0.25) is 4.90 Å². The van der Waals surface area contributed by atoms with E-state index in [1.54, 1.807) is 0 Å². The molecule has 0 amide bonds. The first kappa shape index (κ1) is 13.4. The van der Waals surface area contributed by atoms with Crippen molar-refractivity contribution in [2.45, 2.75) is 44.8 Å². The molecule has 2 aliphatic rings. The zero-order valence-corrected chi connectivity index (χ0v) is 13.2. The normalized spacial score (nSPS) is 27.1. The van der Waals surface area contributed by atoms with E-state index >= 15 is 0 Å². The van der Waals surface area contributed by atoms with E-state index in [4.69, 9.17) is 4.74 Å². The summed E-state index contributed by atoms with van der Waals surface area (Å²) in [4.78, 5) is 2.61. The van der Waals surface area contributed by atoms with E-state index in [1.165, 1.54) is 36.9 Å². The maximum absolute atomic E-state index is 6.10. The molecule has 0 spiro atoms. The zero-order chi connectivity index (χ0) is 13.2. The Hall–Kier alpha value is -0.540. The second kappa shape index (κ2) is 5.84. The van der Waals surface area contributed by atoms with Crippen LogP contribution >= 0.6 is 15.9 Å². The van der Waals surface area contributed by atoms with Crippen LogP contribution in [-0.2, 0) is 6.42 Å². The SMILES string of the molecule is Cc1ccc2c(c1)CC(CN1CCCCC1CBr)O2. The molecule has 1 aromatic carbocycles. The third-order valence-corrected chi connectivity index (χ3v) is 5.07. The zero-order valence-electron chi connectivity index (χ0n) is 11.6. The number of aryl methyl sites for hydroxylation is 1. The fourth-order valence-corrected chi connectivity index (χ4v) is 4.02. The quantitative estimate of drug-likeness (QED) is 0.789. The van der Waals surface area contributed by atoms with Crippen LogP contribution in [0.4, 0.5) is 0 Å². The lowest BCUT2D eigenvalue weighted by molar-refractivity contribution is 0.100. The predicted molar refractivity (Wildman–Crippen MR) is 82.3 cm³/mol. The van der Waals surface area contributed by atoms with Gasteiger partial charge in [-0.15, -0.1) is 0 Å². The highest BCUT2D eigenvalue weighted by molar-refractivity contribution is 9.09. The standard InChI is InChI=1S/C16H22BrNO/c1-12-5-6-16-13(8-12)9-15(19-16)11-18-7-3-2-4-14(18)10-17/h5-6,8,14-15H,2-4,7,9-11H2,1H3. The molecule has 2 nitrogen and oxygen atoms in total. The summed E-state index contributed by atoms with van der Waals surface area (Å²) in [5.41, 5.74) is 2.72. The molecule has 0 radical (unpaired) electrons. The lowest BCUT2D eigenvalue weighted by atomic mass is 10.0. The molecular weight excluding hydrogens is 302 g/mol. The summed E-state index contributed by atoms with van der Waals surface area (Å²) in [6.07, 6.45) is 5.45. The third-order valence-electron chi connectivity index (χ3n) is 4.32. The van der Waals surface area contributed by atoms with Crippen LogP contribution in [0.25, 0.3) is 0 Å². The Morgan fingerprint density at radius 3 is 3.11 bits per heavy atom. The molecule has 104 valence electrons. The first-order valence-electron chi connectivity index (χ1n) is 7.32. The summed E-state index contributed by atoms with van der Waals surface area (Å²) < 4.78 is 6.10. The lowest BCUT2D eigenvalue weighted by Gasteiger charge is -2.36. The number of halogens is 1. The topological polar surface area (TPSA) is 12.5 Å². The number of hydrogen-bond acceptors (Lipinski definition) is 2. The Balaban J connectivity index is 1.63. The molecule has 0 bridgehead atoms. The van der Waals surface area contributed by atoms with E-state index in [9.17, 15) is 0 Å². The van der Waals surface area contributed by atoms with Gasteiger partial charge in [-0.1, -0.05) is 40.0 Å². The number of rotatable bonds is 3. The molecule has 2 atom stereocenters. The minimum Gasteiger partial charge on any atom is -0.488 e. The Labute approximate surface area is 124 Å². The van der Waals surface area contributed by atoms with Crippen molar-refractivity contribution in [1.29, 1.82) is 0 Å². The van der Waals surface area contributed by atoms with Gasteiger partial charge in [0.25, 0.3) is 0 Å². The molecule has 3 rings (SSSR count). The van der Waals surface area contributed by atoms with Crippen molar-refractivity contribution in [2.24, 2.45) is 0 Å². The van der Waals surface area contributed by atoms with Gasteiger partial charge in [0.1, 0.15) is 11.9 Å². The molecule has 0 N–H and O–H groups in total. The fraction of sp³-hybridized carbons (Fsp3) is 0.625. The van der Waals surface area contributed by atoms with Crippen LogP contribution in [0.1, 0.15) is 30.4 Å². The third kappa shape index (κ3) is 2.97. The summed E-state index contributed by atoms with van der Waals surface area (Å²) in [7, 11) is 0. The van der Waals surface area contributed by atoms with Gasteiger partial charge in [-0.25, -0.2) is 0 Å². The molecule has 19 heavy (non-hydrogen) atoms. The van der Waals surface area contributed by atoms with Crippen LogP contribution in [0.5, 0.6) is 5.75 Å². The van der Waals surface area contributed by atoms with Crippen molar-refractivity contribution in [3.8, 4) is 5.75 Å². The highest BCUT2D eigenvalue weighted by atomic mass is 79.9. The number of likely N-dealkylation sites (tertiary alicyclic amines) is 1. The molecule has 1 saturated heterocycles. The predicted octanol–water partition coefficient (Wildman–Crippen LogP) is 3.55. The van der Waals surface area contributed by atoms with Gasteiger partial charge >= 0.3 is 0 Å². The Morgan fingerprint density at radius 2 is 2.26 bits per heavy atom. The summed E-state index contributed by atoms with van der Waals surface area (Å²) in [6, 6.07) is 7.24. The lowest BCUT2D eigenvalue weighted by Crippen LogP contribution is -2.45. The van der Waals surface area contributed by atoms with Gasteiger partial charge in [0.05, 0.1) is 0 Å². The van der Waals surface area contributed by atoms with Gasteiger partial charge in [0.15, 0.2) is 0 Å².